The van der Waals surface area contributed by atoms with Crippen LogP contribution in [0.15, 0.2) is 59.0 Å². The van der Waals surface area contributed by atoms with E-state index in [2.05, 4.69) is 5.32 Å². The molecule has 2 aromatic carbocycles. The summed E-state index contributed by atoms with van der Waals surface area (Å²) in [5, 5.41) is 4.47. The number of hydrogen-bond donors (Lipinski definition) is 1. The van der Waals surface area contributed by atoms with Crippen molar-refractivity contribution >= 4 is 34.4 Å². The van der Waals surface area contributed by atoms with Gasteiger partial charge in [-0.1, -0.05) is 29.8 Å². The second-order valence-electron chi connectivity index (χ2n) is 6.70. The van der Waals surface area contributed by atoms with Gasteiger partial charge in [0.25, 0.3) is 11.8 Å². The topological polar surface area (TPSA) is 62.6 Å². The van der Waals surface area contributed by atoms with E-state index in [9.17, 15) is 9.59 Å². The van der Waals surface area contributed by atoms with Crippen LogP contribution < -0.4 is 5.32 Å². The highest BCUT2D eigenvalue weighted by Gasteiger charge is 2.26. The predicted molar refractivity (Wildman–Crippen MR) is 104 cm³/mol. The molecule has 5 nitrogen and oxygen atoms in total. The number of piperidine rings is 1. The fourth-order valence-electron chi connectivity index (χ4n) is 3.36. The van der Waals surface area contributed by atoms with E-state index in [1.807, 2.05) is 18.2 Å². The van der Waals surface area contributed by atoms with Crippen LogP contribution in [-0.4, -0.2) is 35.8 Å². The Morgan fingerprint density at radius 3 is 2.52 bits per heavy atom. The van der Waals surface area contributed by atoms with Crippen molar-refractivity contribution in [2.24, 2.45) is 0 Å². The Morgan fingerprint density at radius 1 is 1.04 bits per heavy atom. The standard InChI is InChI=1S/C21H19ClN2O3/c22-16-6-7-18-15(12-16)13-19(27-18)21(26)24-10-8-17(9-11-24)23-20(25)14-4-2-1-3-5-14/h1-7,12-13,17H,8-11H2,(H,23,25). The number of likely N-dealkylation sites (tertiary alicyclic amines) is 1. The second kappa shape index (κ2) is 7.45. The van der Waals surface area contributed by atoms with Crippen LogP contribution in [-0.2, 0) is 0 Å². The van der Waals surface area contributed by atoms with E-state index in [4.69, 9.17) is 16.0 Å². The van der Waals surface area contributed by atoms with Crippen LogP contribution in [0.2, 0.25) is 5.02 Å². The van der Waals surface area contributed by atoms with Crippen molar-refractivity contribution in [1.82, 2.24) is 10.2 Å². The molecule has 1 N–H and O–H groups in total. The molecule has 0 aliphatic carbocycles. The minimum absolute atomic E-state index is 0.0660. The molecule has 0 unspecified atom stereocenters. The molecule has 1 fully saturated rings. The molecule has 2 heterocycles. The van der Waals surface area contributed by atoms with Crippen LogP contribution in [0.4, 0.5) is 0 Å². The number of fused-ring (bicyclic) bond motifs is 1. The third-order valence-electron chi connectivity index (χ3n) is 4.84. The van der Waals surface area contributed by atoms with Gasteiger partial charge in [-0.05, 0) is 49.2 Å². The van der Waals surface area contributed by atoms with Crippen LogP contribution >= 0.6 is 11.6 Å². The molecule has 138 valence electrons. The Morgan fingerprint density at radius 2 is 1.78 bits per heavy atom. The van der Waals surface area contributed by atoms with Crippen molar-refractivity contribution in [3.05, 3.63) is 70.9 Å². The minimum atomic E-state index is -0.129. The van der Waals surface area contributed by atoms with Gasteiger partial charge in [-0.25, -0.2) is 0 Å². The number of carbonyl (C=O) groups is 2. The zero-order valence-electron chi connectivity index (χ0n) is 14.7. The summed E-state index contributed by atoms with van der Waals surface area (Å²) < 4.78 is 5.67. The molecule has 0 saturated carbocycles. The summed E-state index contributed by atoms with van der Waals surface area (Å²) in [6, 6.07) is 16.2. The molecule has 27 heavy (non-hydrogen) atoms. The van der Waals surface area contributed by atoms with Gasteiger partial charge in [0.2, 0.25) is 0 Å². The average molecular weight is 383 g/mol. The Balaban J connectivity index is 1.37. The number of carbonyl (C=O) groups excluding carboxylic acids is 2. The van der Waals surface area contributed by atoms with Gasteiger partial charge in [-0.2, -0.15) is 0 Å². The monoisotopic (exact) mass is 382 g/mol. The molecular formula is C21H19ClN2O3. The maximum absolute atomic E-state index is 12.7. The van der Waals surface area contributed by atoms with E-state index in [0.717, 1.165) is 18.2 Å². The minimum Gasteiger partial charge on any atom is -0.451 e. The molecule has 1 aromatic heterocycles. The van der Waals surface area contributed by atoms with Gasteiger partial charge in [0.1, 0.15) is 5.58 Å². The third-order valence-corrected chi connectivity index (χ3v) is 5.08. The number of nitrogens with one attached hydrogen (secondary N) is 1. The fraction of sp³-hybridized carbons (Fsp3) is 0.238. The summed E-state index contributed by atoms with van der Waals surface area (Å²) >= 11 is 5.99. The number of nitrogens with zero attached hydrogens (tertiary/aromatic N) is 1. The first-order valence-electron chi connectivity index (χ1n) is 8.94. The van der Waals surface area contributed by atoms with E-state index < -0.39 is 0 Å². The number of hydrogen-bond acceptors (Lipinski definition) is 3. The zero-order chi connectivity index (χ0) is 18.8. The van der Waals surface area contributed by atoms with Crippen molar-refractivity contribution in [2.45, 2.75) is 18.9 Å². The maximum Gasteiger partial charge on any atom is 0.289 e. The van der Waals surface area contributed by atoms with Crippen LogP contribution in [0.1, 0.15) is 33.8 Å². The summed E-state index contributed by atoms with van der Waals surface area (Å²) in [6.45, 7) is 1.16. The summed E-state index contributed by atoms with van der Waals surface area (Å²) in [7, 11) is 0. The van der Waals surface area contributed by atoms with Gasteiger partial charge in [0.15, 0.2) is 5.76 Å². The van der Waals surface area contributed by atoms with Crippen LogP contribution in [0.3, 0.4) is 0 Å². The van der Waals surface area contributed by atoms with Gasteiger partial charge in [-0.15, -0.1) is 0 Å². The molecule has 0 atom stereocenters. The normalized spacial score (nSPS) is 15.1. The lowest BCUT2D eigenvalue weighted by Crippen LogP contribution is -2.46. The summed E-state index contributed by atoms with van der Waals surface area (Å²) in [6.07, 6.45) is 1.44. The molecule has 1 aliphatic heterocycles. The summed E-state index contributed by atoms with van der Waals surface area (Å²) in [5.41, 5.74) is 1.30. The molecule has 6 heteroatoms. The van der Waals surface area contributed by atoms with Crippen molar-refractivity contribution < 1.29 is 14.0 Å². The lowest BCUT2D eigenvalue weighted by atomic mass is 10.0. The molecule has 0 radical (unpaired) electrons. The molecule has 4 rings (SSSR count). The number of benzene rings is 2. The molecular weight excluding hydrogens is 364 g/mol. The van der Waals surface area contributed by atoms with Crippen molar-refractivity contribution in [3.8, 4) is 0 Å². The average Bonchev–Trinajstić information content (AvgIpc) is 3.12. The lowest BCUT2D eigenvalue weighted by molar-refractivity contribution is 0.0669. The fourth-order valence-corrected chi connectivity index (χ4v) is 3.54. The van der Waals surface area contributed by atoms with E-state index in [0.29, 0.717) is 35.0 Å². The van der Waals surface area contributed by atoms with Gasteiger partial charge >= 0.3 is 0 Å². The largest absolute Gasteiger partial charge is 0.451 e. The van der Waals surface area contributed by atoms with Crippen LogP contribution in [0.5, 0.6) is 0 Å². The van der Waals surface area contributed by atoms with Gasteiger partial charge in [-0.3, -0.25) is 9.59 Å². The highest BCUT2D eigenvalue weighted by molar-refractivity contribution is 6.31. The Labute approximate surface area is 161 Å². The molecule has 1 aliphatic rings. The molecule has 1 saturated heterocycles. The van der Waals surface area contributed by atoms with Crippen LogP contribution in [0, 0.1) is 0 Å². The maximum atomic E-state index is 12.7. The first kappa shape index (κ1) is 17.6. The Hall–Kier alpha value is -2.79. The van der Waals surface area contributed by atoms with E-state index in [1.165, 1.54) is 0 Å². The summed E-state index contributed by atoms with van der Waals surface area (Å²) in [4.78, 5) is 26.7. The quantitative estimate of drug-likeness (QED) is 0.741. The lowest BCUT2D eigenvalue weighted by Gasteiger charge is -2.31. The Bertz CT molecular complexity index is 976. The van der Waals surface area contributed by atoms with Crippen molar-refractivity contribution in [3.63, 3.8) is 0 Å². The molecule has 2 amide bonds. The predicted octanol–water partition coefficient (Wildman–Crippen LogP) is 4.12. The number of furan rings is 1. The SMILES string of the molecule is O=C(NC1CCN(C(=O)c2cc3cc(Cl)ccc3o2)CC1)c1ccccc1. The van der Waals surface area contributed by atoms with E-state index in [-0.39, 0.29) is 17.9 Å². The van der Waals surface area contributed by atoms with Crippen LogP contribution in [0.25, 0.3) is 11.0 Å². The number of amides is 2. The second-order valence-corrected chi connectivity index (χ2v) is 7.14. The highest BCUT2D eigenvalue weighted by atomic mass is 35.5. The van der Waals surface area contributed by atoms with Gasteiger partial charge in [0, 0.05) is 35.1 Å². The Kier molecular flexibility index (Phi) is 4.86. The van der Waals surface area contributed by atoms with Gasteiger partial charge in [0.05, 0.1) is 0 Å². The third kappa shape index (κ3) is 3.83. The summed E-state index contributed by atoms with van der Waals surface area (Å²) in [5.74, 6) is 0.115. The van der Waals surface area contributed by atoms with Gasteiger partial charge < -0.3 is 14.6 Å². The smallest absolute Gasteiger partial charge is 0.289 e. The van der Waals surface area contributed by atoms with E-state index >= 15 is 0 Å². The molecule has 0 bridgehead atoms. The number of halogens is 1. The first-order chi connectivity index (χ1) is 13.1. The van der Waals surface area contributed by atoms with Crippen molar-refractivity contribution in [1.29, 1.82) is 0 Å². The number of rotatable bonds is 3. The van der Waals surface area contributed by atoms with E-state index in [1.54, 1.807) is 41.3 Å². The molecule has 3 aromatic rings. The molecule has 0 spiro atoms. The first-order valence-corrected chi connectivity index (χ1v) is 9.32. The van der Waals surface area contributed by atoms with Crippen molar-refractivity contribution in [2.75, 3.05) is 13.1 Å². The zero-order valence-corrected chi connectivity index (χ0v) is 15.4. The highest BCUT2D eigenvalue weighted by Crippen LogP contribution is 2.24.